The summed E-state index contributed by atoms with van der Waals surface area (Å²) >= 11 is 1.40. The van der Waals surface area contributed by atoms with Crippen LogP contribution in [0.2, 0.25) is 0 Å². The zero-order chi connectivity index (χ0) is 14.3. The van der Waals surface area contributed by atoms with Crippen LogP contribution in [0.1, 0.15) is 90.9 Å². The molecular formula is C17H34OS. The zero-order valence-electron chi connectivity index (χ0n) is 13.4. The number of carbonyl (C=O) groups excluding carboxylic acids is 1. The highest BCUT2D eigenvalue weighted by Crippen LogP contribution is 2.20. The molecule has 0 aliphatic carbocycles. The van der Waals surface area contributed by atoms with Gasteiger partial charge in [-0.1, -0.05) is 89.8 Å². The molecule has 19 heavy (non-hydrogen) atoms. The molecule has 0 bridgehead atoms. The highest BCUT2D eigenvalue weighted by molar-refractivity contribution is 8.13. The third-order valence-corrected chi connectivity index (χ3v) is 4.67. The van der Waals surface area contributed by atoms with E-state index in [-0.39, 0.29) is 0 Å². The molecule has 1 atom stereocenters. The summed E-state index contributed by atoms with van der Waals surface area (Å²) in [4.78, 5) is 11.6. The largest absolute Gasteiger partial charge is 0.287 e. The minimum absolute atomic E-state index is 0.309. The van der Waals surface area contributed by atoms with E-state index in [0.29, 0.717) is 11.0 Å². The van der Waals surface area contributed by atoms with E-state index < -0.39 is 0 Å². The van der Waals surface area contributed by atoms with Crippen LogP contribution in [0.4, 0.5) is 0 Å². The van der Waals surface area contributed by atoms with Crippen molar-refractivity contribution < 1.29 is 4.79 Å². The van der Waals surface area contributed by atoms with E-state index in [4.69, 9.17) is 0 Å². The maximum Gasteiger partial charge on any atom is 0.191 e. The second-order valence-electron chi connectivity index (χ2n) is 5.60. The van der Waals surface area contributed by atoms with E-state index in [1.807, 2.05) is 6.26 Å². The van der Waals surface area contributed by atoms with Crippen molar-refractivity contribution in [3.05, 3.63) is 0 Å². The molecule has 0 aromatic carbocycles. The Morgan fingerprint density at radius 1 is 0.842 bits per heavy atom. The average molecular weight is 287 g/mol. The second kappa shape index (κ2) is 14.4. The van der Waals surface area contributed by atoms with Crippen LogP contribution >= 0.6 is 11.8 Å². The van der Waals surface area contributed by atoms with Gasteiger partial charge >= 0.3 is 0 Å². The molecule has 1 unspecified atom stereocenters. The molecule has 0 aromatic heterocycles. The number of hydrogen-bond donors (Lipinski definition) is 0. The molecule has 0 saturated carbocycles. The summed E-state index contributed by atoms with van der Waals surface area (Å²) in [5.74, 6) is 0.309. The van der Waals surface area contributed by atoms with Crippen molar-refractivity contribution in [1.82, 2.24) is 0 Å². The quantitative estimate of drug-likeness (QED) is 0.374. The van der Waals surface area contributed by atoms with Gasteiger partial charge in [0.15, 0.2) is 5.12 Å². The average Bonchev–Trinajstić information content (AvgIpc) is 2.44. The van der Waals surface area contributed by atoms with Crippen molar-refractivity contribution in [3.8, 4) is 0 Å². The third-order valence-electron chi connectivity index (χ3n) is 3.93. The monoisotopic (exact) mass is 286 g/mol. The lowest BCUT2D eigenvalue weighted by molar-refractivity contribution is -0.114. The minimum atomic E-state index is 0.309. The van der Waals surface area contributed by atoms with Crippen molar-refractivity contribution in [1.29, 1.82) is 0 Å². The van der Waals surface area contributed by atoms with E-state index >= 15 is 0 Å². The molecule has 0 N–H and O–H groups in total. The molecule has 2 heteroatoms. The van der Waals surface area contributed by atoms with E-state index in [2.05, 4.69) is 13.8 Å². The Hall–Kier alpha value is 0.0200. The first-order valence-corrected chi connectivity index (χ1v) is 9.56. The number of unbranched alkanes of at least 4 members (excludes halogenated alkanes) is 9. The number of carbonyl (C=O) groups is 1. The lowest BCUT2D eigenvalue weighted by Gasteiger charge is -2.11. The van der Waals surface area contributed by atoms with Crippen molar-refractivity contribution in [2.45, 2.75) is 90.9 Å². The summed E-state index contributed by atoms with van der Waals surface area (Å²) in [5.41, 5.74) is 0. The number of hydrogen-bond acceptors (Lipinski definition) is 2. The topological polar surface area (TPSA) is 17.1 Å². The van der Waals surface area contributed by atoms with Crippen LogP contribution in [0.3, 0.4) is 0 Å². The van der Waals surface area contributed by atoms with Gasteiger partial charge in [0.2, 0.25) is 0 Å². The summed E-state index contributed by atoms with van der Waals surface area (Å²) in [7, 11) is 0. The molecule has 0 aliphatic heterocycles. The standard InChI is InChI=1S/C17H34OS/c1-4-6-7-8-9-10-11-12-13-14-15-16(5-2)17(18)19-3/h16H,4-15H2,1-3H3. The molecule has 0 aliphatic rings. The van der Waals surface area contributed by atoms with Gasteiger partial charge in [-0.2, -0.15) is 0 Å². The Bertz CT molecular complexity index is 203. The molecule has 0 heterocycles. The van der Waals surface area contributed by atoms with Gasteiger partial charge in [0.1, 0.15) is 0 Å². The van der Waals surface area contributed by atoms with Gasteiger partial charge in [-0.25, -0.2) is 0 Å². The summed E-state index contributed by atoms with van der Waals surface area (Å²) in [5, 5.41) is 0.387. The van der Waals surface area contributed by atoms with E-state index in [1.165, 1.54) is 76.0 Å². The van der Waals surface area contributed by atoms with Crippen molar-refractivity contribution >= 4 is 16.9 Å². The molecule has 0 spiro atoms. The molecule has 0 amide bonds. The van der Waals surface area contributed by atoms with E-state index in [9.17, 15) is 4.79 Å². The normalized spacial score (nSPS) is 12.6. The first-order chi connectivity index (χ1) is 9.26. The van der Waals surface area contributed by atoms with Crippen LogP contribution < -0.4 is 0 Å². The minimum Gasteiger partial charge on any atom is -0.287 e. The highest BCUT2D eigenvalue weighted by Gasteiger charge is 2.14. The highest BCUT2D eigenvalue weighted by atomic mass is 32.2. The van der Waals surface area contributed by atoms with Gasteiger partial charge < -0.3 is 0 Å². The molecule has 1 nitrogen and oxygen atoms in total. The maximum absolute atomic E-state index is 11.6. The molecule has 0 radical (unpaired) electrons. The van der Waals surface area contributed by atoms with Gasteiger partial charge in [-0.3, -0.25) is 4.79 Å². The van der Waals surface area contributed by atoms with Crippen LogP contribution in [-0.2, 0) is 4.79 Å². The Morgan fingerprint density at radius 2 is 1.32 bits per heavy atom. The Kier molecular flexibility index (Phi) is 14.4. The van der Waals surface area contributed by atoms with Gasteiger partial charge in [-0.15, -0.1) is 0 Å². The fraction of sp³-hybridized carbons (Fsp3) is 0.941. The Labute approximate surface area is 125 Å². The zero-order valence-corrected chi connectivity index (χ0v) is 14.2. The van der Waals surface area contributed by atoms with E-state index in [1.54, 1.807) is 0 Å². The third kappa shape index (κ3) is 11.5. The second-order valence-corrected chi connectivity index (χ2v) is 6.41. The number of thioether (sulfide) groups is 1. The molecule has 0 aromatic rings. The molecule has 114 valence electrons. The predicted molar refractivity (Wildman–Crippen MR) is 88.8 cm³/mol. The SMILES string of the molecule is CCCCCCCCCCCCC(CC)C(=O)SC. The van der Waals surface area contributed by atoms with Gasteiger partial charge in [0, 0.05) is 5.92 Å². The first-order valence-electron chi connectivity index (χ1n) is 8.34. The van der Waals surface area contributed by atoms with Gasteiger partial charge in [0.25, 0.3) is 0 Å². The maximum atomic E-state index is 11.6. The van der Waals surface area contributed by atoms with Gasteiger partial charge in [0.05, 0.1) is 0 Å². The van der Waals surface area contributed by atoms with Crippen LogP contribution in [0.25, 0.3) is 0 Å². The fourth-order valence-corrected chi connectivity index (χ4v) is 3.15. The lowest BCUT2D eigenvalue weighted by Crippen LogP contribution is -2.09. The summed E-state index contributed by atoms with van der Waals surface area (Å²) < 4.78 is 0. The molecular weight excluding hydrogens is 252 g/mol. The predicted octanol–water partition coefficient (Wildman–Crippen LogP) is 6.21. The van der Waals surface area contributed by atoms with Crippen LogP contribution in [-0.4, -0.2) is 11.4 Å². The van der Waals surface area contributed by atoms with Crippen molar-refractivity contribution in [2.75, 3.05) is 6.26 Å². The molecule has 0 saturated heterocycles. The van der Waals surface area contributed by atoms with Crippen molar-refractivity contribution in [3.63, 3.8) is 0 Å². The van der Waals surface area contributed by atoms with E-state index in [0.717, 1.165) is 12.8 Å². The fourth-order valence-electron chi connectivity index (χ4n) is 2.53. The van der Waals surface area contributed by atoms with Crippen LogP contribution in [0.5, 0.6) is 0 Å². The molecule has 0 fully saturated rings. The summed E-state index contributed by atoms with van der Waals surface area (Å²) in [6, 6.07) is 0. The summed E-state index contributed by atoms with van der Waals surface area (Å²) in [6.07, 6.45) is 17.7. The smallest absolute Gasteiger partial charge is 0.191 e. The molecule has 0 rings (SSSR count). The Balaban J connectivity index is 3.28. The lowest BCUT2D eigenvalue weighted by atomic mass is 9.99. The van der Waals surface area contributed by atoms with Gasteiger partial charge in [-0.05, 0) is 19.1 Å². The van der Waals surface area contributed by atoms with Crippen molar-refractivity contribution in [2.24, 2.45) is 5.92 Å². The Morgan fingerprint density at radius 3 is 1.74 bits per heavy atom. The summed E-state index contributed by atoms with van der Waals surface area (Å²) in [6.45, 7) is 4.40. The first kappa shape index (κ1) is 19.0. The number of rotatable bonds is 13. The van der Waals surface area contributed by atoms with Crippen LogP contribution in [0.15, 0.2) is 0 Å². The van der Waals surface area contributed by atoms with Crippen LogP contribution in [0, 0.1) is 5.92 Å².